The maximum absolute atomic E-state index is 12.9. The number of hydrogen-bond donors (Lipinski definition) is 1. The second-order valence-corrected chi connectivity index (χ2v) is 5.90. The van der Waals surface area contributed by atoms with Gasteiger partial charge in [0.05, 0.1) is 17.7 Å². The summed E-state index contributed by atoms with van der Waals surface area (Å²) in [5, 5.41) is 2.65. The van der Waals surface area contributed by atoms with Crippen LogP contribution < -0.4 is 5.32 Å². The average molecular weight is 386 g/mol. The highest BCUT2D eigenvalue weighted by atomic mass is 35.5. The van der Waals surface area contributed by atoms with Crippen LogP contribution in [0, 0.1) is 0 Å². The van der Waals surface area contributed by atoms with E-state index in [1.807, 2.05) is 0 Å². The van der Waals surface area contributed by atoms with E-state index in [1.165, 1.54) is 19.1 Å². The van der Waals surface area contributed by atoms with Crippen molar-refractivity contribution in [1.29, 1.82) is 0 Å². The Morgan fingerprint density at radius 2 is 1.73 bits per heavy atom. The van der Waals surface area contributed by atoms with Crippen LogP contribution in [0.1, 0.15) is 18.1 Å². The molecular formula is C18H15ClF3NO3. The van der Waals surface area contributed by atoms with E-state index in [0.717, 1.165) is 12.1 Å². The van der Waals surface area contributed by atoms with E-state index in [4.69, 9.17) is 16.3 Å². The van der Waals surface area contributed by atoms with E-state index in [9.17, 15) is 22.8 Å². The molecule has 0 spiro atoms. The second-order valence-electron chi connectivity index (χ2n) is 5.47. The van der Waals surface area contributed by atoms with E-state index in [2.05, 4.69) is 5.32 Å². The number of carbonyl (C=O) groups excluding carboxylic acids is 2. The highest BCUT2D eigenvalue weighted by molar-refractivity contribution is 6.30. The van der Waals surface area contributed by atoms with Gasteiger partial charge >= 0.3 is 12.1 Å². The van der Waals surface area contributed by atoms with Gasteiger partial charge in [0.2, 0.25) is 0 Å². The SMILES string of the molecule is CC(OC(=O)Cc1ccc(Cl)cc1)C(=O)Nc1ccccc1C(F)(F)F. The Bertz CT molecular complexity index is 791. The number of esters is 1. The first kappa shape index (κ1) is 19.8. The molecule has 0 heterocycles. The minimum atomic E-state index is -4.61. The third kappa shape index (κ3) is 5.49. The van der Waals surface area contributed by atoms with Gasteiger partial charge in [-0.3, -0.25) is 9.59 Å². The summed E-state index contributed by atoms with van der Waals surface area (Å²) in [6.45, 7) is 1.28. The molecular weight excluding hydrogens is 371 g/mol. The van der Waals surface area contributed by atoms with Crippen LogP contribution in [0.2, 0.25) is 5.02 Å². The number of ether oxygens (including phenoxy) is 1. The maximum atomic E-state index is 12.9. The molecule has 1 N–H and O–H groups in total. The van der Waals surface area contributed by atoms with Crippen molar-refractivity contribution in [3.63, 3.8) is 0 Å². The summed E-state index contributed by atoms with van der Waals surface area (Å²) >= 11 is 5.75. The zero-order valence-electron chi connectivity index (χ0n) is 13.6. The molecule has 1 unspecified atom stereocenters. The summed E-state index contributed by atoms with van der Waals surface area (Å²) in [5.41, 5.74) is -0.743. The van der Waals surface area contributed by atoms with Gasteiger partial charge in [0.15, 0.2) is 6.10 Å². The molecule has 0 bridgehead atoms. The zero-order valence-corrected chi connectivity index (χ0v) is 14.4. The summed E-state index contributed by atoms with van der Waals surface area (Å²) in [5.74, 6) is -1.54. The number of hydrogen-bond acceptors (Lipinski definition) is 3. The van der Waals surface area contributed by atoms with Crippen LogP contribution in [0.15, 0.2) is 48.5 Å². The lowest BCUT2D eigenvalue weighted by Gasteiger charge is -2.16. The van der Waals surface area contributed by atoms with E-state index < -0.39 is 35.4 Å². The standard InChI is InChI=1S/C18H15ClF3NO3/c1-11(26-16(24)10-12-6-8-13(19)9-7-12)17(25)23-15-5-3-2-4-14(15)18(20,21)22/h2-9,11H,10H2,1H3,(H,23,25). The Kier molecular flexibility index (Phi) is 6.26. The highest BCUT2D eigenvalue weighted by Crippen LogP contribution is 2.34. The second kappa shape index (κ2) is 8.23. The van der Waals surface area contributed by atoms with Gasteiger partial charge in [-0.15, -0.1) is 0 Å². The molecule has 1 atom stereocenters. The zero-order chi connectivity index (χ0) is 19.3. The number of alkyl halides is 3. The predicted octanol–water partition coefficient (Wildman–Crippen LogP) is 4.47. The lowest BCUT2D eigenvalue weighted by Crippen LogP contribution is -2.31. The summed E-state index contributed by atoms with van der Waals surface area (Å²) < 4.78 is 43.8. The van der Waals surface area contributed by atoms with Crippen LogP contribution in [0.4, 0.5) is 18.9 Å². The molecule has 138 valence electrons. The Morgan fingerprint density at radius 1 is 1.12 bits per heavy atom. The summed E-state index contributed by atoms with van der Waals surface area (Å²) in [4.78, 5) is 23.9. The molecule has 0 radical (unpaired) electrons. The van der Waals surface area contributed by atoms with Crippen LogP contribution in [-0.4, -0.2) is 18.0 Å². The lowest BCUT2D eigenvalue weighted by molar-refractivity contribution is -0.152. The Labute approximate surface area is 152 Å². The minimum Gasteiger partial charge on any atom is -0.452 e. The van der Waals surface area contributed by atoms with Crippen molar-refractivity contribution >= 4 is 29.2 Å². The molecule has 0 aliphatic heterocycles. The Balaban J connectivity index is 1.97. The summed E-state index contributed by atoms with van der Waals surface area (Å²) in [6.07, 6.45) is -5.96. The molecule has 2 rings (SSSR count). The molecule has 4 nitrogen and oxygen atoms in total. The van der Waals surface area contributed by atoms with Crippen LogP contribution in [0.3, 0.4) is 0 Å². The highest BCUT2D eigenvalue weighted by Gasteiger charge is 2.34. The van der Waals surface area contributed by atoms with E-state index >= 15 is 0 Å². The molecule has 26 heavy (non-hydrogen) atoms. The fourth-order valence-corrected chi connectivity index (χ4v) is 2.26. The van der Waals surface area contributed by atoms with Crippen molar-refractivity contribution in [3.05, 3.63) is 64.7 Å². The smallest absolute Gasteiger partial charge is 0.418 e. The number of halogens is 4. The largest absolute Gasteiger partial charge is 0.452 e. The minimum absolute atomic E-state index is 0.0894. The Hall–Kier alpha value is -2.54. The summed E-state index contributed by atoms with van der Waals surface area (Å²) in [7, 11) is 0. The van der Waals surface area contributed by atoms with E-state index in [1.54, 1.807) is 24.3 Å². The fraction of sp³-hybridized carbons (Fsp3) is 0.222. The fourth-order valence-electron chi connectivity index (χ4n) is 2.13. The van der Waals surface area contributed by atoms with Gasteiger partial charge in [-0.05, 0) is 36.8 Å². The predicted molar refractivity (Wildman–Crippen MR) is 90.8 cm³/mol. The number of nitrogens with one attached hydrogen (secondary N) is 1. The van der Waals surface area contributed by atoms with Gasteiger partial charge in [-0.2, -0.15) is 13.2 Å². The monoisotopic (exact) mass is 385 g/mol. The van der Waals surface area contributed by atoms with Gasteiger partial charge in [0.1, 0.15) is 0 Å². The number of benzene rings is 2. The van der Waals surface area contributed by atoms with Crippen molar-refractivity contribution < 1.29 is 27.5 Å². The normalized spacial score (nSPS) is 12.3. The molecule has 0 saturated heterocycles. The van der Waals surface area contributed by atoms with Crippen LogP contribution >= 0.6 is 11.6 Å². The van der Waals surface area contributed by atoms with Crippen molar-refractivity contribution in [3.8, 4) is 0 Å². The first-order valence-corrected chi connectivity index (χ1v) is 7.95. The first-order chi connectivity index (χ1) is 12.2. The van der Waals surface area contributed by atoms with E-state index in [-0.39, 0.29) is 6.42 Å². The van der Waals surface area contributed by atoms with Crippen molar-refractivity contribution in [2.75, 3.05) is 5.32 Å². The lowest BCUT2D eigenvalue weighted by atomic mass is 10.1. The van der Waals surface area contributed by atoms with Crippen LogP contribution in [-0.2, 0) is 26.9 Å². The third-order valence-electron chi connectivity index (χ3n) is 3.43. The average Bonchev–Trinajstić information content (AvgIpc) is 2.56. The molecule has 0 aromatic heterocycles. The van der Waals surface area contributed by atoms with Gasteiger partial charge in [0.25, 0.3) is 5.91 Å². The molecule has 0 fully saturated rings. The molecule has 8 heteroatoms. The van der Waals surface area contributed by atoms with Crippen molar-refractivity contribution in [2.24, 2.45) is 0 Å². The molecule has 2 aromatic carbocycles. The van der Waals surface area contributed by atoms with Crippen LogP contribution in [0.5, 0.6) is 0 Å². The van der Waals surface area contributed by atoms with Gasteiger partial charge in [0, 0.05) is 5.02 Å². The first-order valence-electron chi connectivity index (χ1n) is 7.58. The number of anilines is 1. The molecule has 1 amide bonds. The molecule has 0 aliphatic carbocycles. The molecule has 0 aliphatic rings. The number of carbonyl (C=O) groups is 2. The van der Waals surface area contributed by atoms with Crippen molar-refractivity contribution in [2.45, 2.75) is 25.6 Å². The third-order valence-corrected chi connectivity index (χ3v) is 3.68. The number of para-hydroxylation sites is 1. The van der Waals surface area contributed by atoms with E-state index in [0.29, 0.717) is 10.6 Å². The molecule has 2 aromatic rings. The number of rotatable bonds is 5. The molecule has 0 saturated carbocycles. The topological polar surface area (TPSA) is 55.4 Å². The van der Waals surface area contributed by atoms with Gasteiger partial charge < -0.3 is 10.1 Å². The Morgan fingerprint density at radius 3 is 2.35 bits per heavy atom. The quantitative estimate of drug-likeness (QED) is 0.772. The van der Waals surface area contributed by atoms with Crippen molar-refractivity contribution in [1.82, 2.24) is 0 Å². The maximum Gasteiger partial charge on any atom is 0.418 e. The van der Waals surface area contributed by atoms with Gasteiger partial charge in [-0.1, -0.05) is 35.9 Å². The number of amides is 1. The van der Waals surface area contributed by atoms with Crippen LogP contribution in [0.25, 0.3) is 0 Å². The van der Waals surface area contributed by atoms with Gasteiger partial charge in [-0.25, -0.2) is 0 Å². The summed E-state index contributed by atoms with van der Waals surface area (Å²) in [6, 6.07) is 11.0.